The maximum Gasteiger partial charge on any atom is 0.119 e. The molecule has 23 heavy (non-hydrogen) atoms. The second-order valence-corrected chi connectivity index (χ2v) is 5.25. The van der Waals surface area contributed by atoms with Crippen LogP contribution < -0.4 is 4.74 Å². The minimum atomic E-state index is 0.619. The molecule has 0 spiro atoms. The van der Waals surface area contributed by atoms with E-state index in [1.807, 2.05) is 35.1 Å². The zero-order chi connectivity index (χ0) is 16.1. The lowest BCUT2D eigenvalue weighted by molar-refractivity contribution is 0.415. The molecule has 0 atom stereocenters. The summed E-state index contributed by atoms with van der Waals surface area (Å²) >= 11 is 0. The molecule has 3 rings (SSSR count). The van der Waals surface area contributed by atoms with Gasteiger partial charge in [-0.3, -0.25) is 4.68 Å². The Bertz CT molecular complexity index is 831. The average molecular weight is 303 g/mol. The molecule has 0 aliphatic heterocycles. The molecule has 0 bridgehead atoms. The lowest BCUT2D eigenvalue weighted by atomic mass is 10.0. The number of aryl methyl sites for hydroxylation is 2. The van der Waals surface area contributed by atoms with Crippen LogP contribution >= 0.6 is 0 Å². The van der Waals surface area contributed by atoms with E-state index in [2.05, 4.69) is 23.3 Å². The van der Waals surface area contributed by atoms with Gasteiger partial charge in [0.15, 0.2) is 0 Å². The Balaban J connectivity index is 1.81. The summed E-state index contributed by atoms with van der Waals surface area (Å²) in [6.45, 7) is 0.801. The third-order valence-electron chi connectivity index (χ3n) is 3.76. The van der Waals surface area contributed by atoms with Crippen LogP contribution in [-0.4, -0.2) is 16.9 Å². The second-order valence-electron chi connectivity index (χ2n) is 5.25. The Kier molecular flexibility index (Phi) is 4.39. The zero-order valence-electron chi connectivity index (χ0n) is 12.9. The molecule has 0 fully saturated rings. The largest absolute Gasteiger partial charge is 0.497 e. The number of aromatic nitrogens is 2. The first-order valence-corrected chi connectivity index (χ1v) is 7.45. The van der Waals surface area contributed by atoms with Crippen molar-refractivity contribution in [3.63, 3.8) is 0 Å². The number of rotatable bonds is 5. The number of nitriles is 1. The van der Waals surface area contributed by atoms with Crippen molar-refractivity contribution >= 4 is 0 Å². The molecule has 0 radical (unpaired) electrons. The maximum atomic E-state index is 9.28. The van der Waals surface area contributed by atoms with Gasteiger partial charge in [0.25, 0.3) is 0 Å². The second kappa shape index (κ2) is 6.80. The smallest absolute Gasteiger partial charge is 0.119 e. The van der Waals surface area contributed by atoms with Crippen molar-refractivity contribution in [2.45, 2.75) is 13.0 Å². The highest BCUT2D eigenvalue weighted by atomic mass is 16.5. The average Bonchev–Trinajstić information content (AvgIpc) is 3.09. The number of hydrogen-bond donors (Lipinski definition) is 0. The van der Waals surface area contributed by atoms with Crippen LogP contribution in [-0.2, 0) is 13.0 Å². The van der Waals surface area contributed by atoms with Crippen molar-refractivity contribution in [2.24, 2.45) is 0 Å². The summed E-state index contributed by atoms with van der Waals surface area (Å²) < 4.78 is 7.16. The first-order chi connectivity index (χ1) is 11.3. The van der Waals surface area contributed by atoms with Crippen molar-refractivity contribution < 1.29 is 4.74 Å². The predicted octanol–water partition coefficient (Wildman–Crippen LogP) is 3.67. The normalized spacial score (nSPS) is 10.3. The van der Waals surface area contributed by atoms with Crippen molar-refractivity contribution in [2.75, 3.05) is 7.11 Å². The van der Waals surface area contributed by atoms with E-state index < -0.39 is 0 Å². The monoisotopic (exact) mass is 303 g/mol. The Morgan fingerprint density at radius 2 is 2.00 bits per heavy atom. The molecule has 0 aliphatic carbocycles. The third kappa shape index (κ3) is 3.41. The van der Waals surface area contributed by atoms with Gasteiger partial charge in [-0.15, -0.1) is 0 Å². The van der Waals surface area contributed by atoms with E-state index in [4.69, 9.17) is 4.74 Å². The maximum absolute atomic E-state index is 9.28. The molecule has 0 N–H and O–H groups in total. The van der Waals surface area contributed by atoms with E-state index in [0.29, 0.717) is 5.56 Å². The summed E-state index contributed by atoms with van der Waals surface area (Å²) in [5.41, 5.74) is 3.67. The highest BCUT2D eigenvalue weighted by Gasteiger charge is 2.09. The van der Waals surface area contributed by atoms with Crippen LogP contribution in [0.2, 0.25) is 0 Å². The Morgan fingerprint density at radius 1 is 1.17 bits per heavy atom. The van der Waals surface area contributed by atoms with Crippen LogP contribution in [0.4, 0.5) is 0 Å². The van der Waals surface area contributed by atoms with Crippen molar-refractivity contribution in [3.05, 3.63) is 72.1 Å². The van der Waals surface area contributed by atoms with Gasteiger partial charge in [0.1, 0.15) is 5.75 Å². The van der Waals surface area contributed by atoms with Gasteiger partial charge in [-0.2, -0.15) is 10.4 Å². The molecule has 3 aromatic rings. The number of benzene rings is 2. The van der Waals surface area contributed by atoms with Gasteiger partial charge in [0, 0.05) is 23.9 Å². The summed E-state index contributed by atoms with van der Waals surface area (Å²) in [5.74, 6) is 0.732. The molecule has 1 heterocycles. The van der Waals surface area contributed by atoms with Crippen molar-refractivity contribution in [1.82, 2.24) is 9.78 Å². The van der Waals surface area contributed by atoms with E-state index >= 15 is 0 Å². The summed E-state index contributed by atoms with van der Waals surface area (Å²) in [4.78, 5) is 0. The van der Waals surface area contributed by atoms with Crippen molar-refractivity contribution in [1.29, 1.82) is 5.26 Å². The van der Waals surface area contributed by atoms with Crippen LogP contribution in [0.15, 0.2) is 60.9 Å². The molecular weight excluding hydrogens is 286 g/mol. The van der Waals surface area contributed by atoms with Crippen LogP contribution in [0.1, 0.15) is 11.1 Å². The Labute approximate surface area is 135 Å². The SMILES string of the molecule is COc1ccc(C#N)c(-c2cnn(CCc3ccccc3)c2)c1. The molecule has 0 unspecified atom stereocenters. The molecule has 4 heteroatoms. The summed E-state index contributed by atoms with van der Waals surface area (Å²) in [5, 5.41) is 13.7. The van der Waals surface area contributed by atoms with E-state index in [1.165, 1.54) is 5.56 Å². The molecule has 114 valence electrons. The lowest BCUT2D eigenvalue weighted by Crippen LogP contribution is -2.01. The van der Waals surface area contributed by atoms with Gasteiger partial charge in [-0.25, -0.2) is 0 Å². The highest BCUT2D eigenvalue weighted by molar-refractivity contribution is 5.71. The Morgan fingerprint density at radius 3 is 2.74 bits per heavy atom. The number of nitrogens with zero attached hydrogens (tertiary/aromatic N) is 3. The minimum Gasteiger partial charge on any atom is -0.497 e. The number of methoxy groups -OCH3 is 1. The molecule has 2 aromatic carbocycles. The molecule has 0 aliphatic rings. The first kappa shape index (κ1) is 14.9. The molecule has 4 nitrogen and oxygen atoms in total. The van der Waals surface area contributed by atoms with E-state index in [0.717, 1.165) is 29.8 Å². The molecule has 0 saturated heterocycles. The summed E-state index contributed by atoms with van der Waals surface area (Å²) in [6.07, 6.45) is 4.68. The van der Waals surface area contributed by atoms with Gasteiger partial charge in [0.2, 0.25) is 0 Å². The standard InChI is InChI=1S/C19H17N3O/c1-23-18-8-7-16(12-20)19(11-18)17-13-21-22(14-17)10-9-15-5-3-2-4-6-15/h2-8,11,13-14H,9-10H2,1H3. The van der Waals surface area contributed by atoms with Crippen LogP contribution in [0.5, 0.6) is 5.75 Å². The zero-order valence-corrected chi connectivity index (χ0v) is 12.9. The molecule has 0 amide bonds. The van der Waals surface area contributed by atoms with Crippen LogP contribution in [0.25, 0.3) is 11.1 Å². The third-order valence-corrected chi connectivity index (χ3v) is 3.76. The predicted molar refractivity (Wildman–Crippen MR) is 89.1 cm³/mol. The molecule has 0 saturated carbocycles. The quantitative estimate of drug-likeness (QED) is 0.722. The Hall–Kier alpha value is -3.06. The number of ether oxygens (including phenoxy) is 1. The van der Waals surface area contributed by atoms with Gasteiger partial charge in [-0.05, 0) is 30.2 Å². The van der Waals surface area contributed by atoms with Crippen LogP contribution in [0.3, 0.4) is 0 Å². The van der Waals surface area contributed by atoms with Gasteiger partial charge < -0.3 is 4.74 Å². The fourth-order valence-electron chi connectivity index (χ4n) is 2.50. The highest BCUT2D eigenvalue weighted by Crippen LogP contribution is 2.27. The molecular formula is C19H17N3O. The van der Waals surface area contributed by atoms with E-state index in [1.54, 1.807) is 25.4 Å². The topological polar surface area (TPSA) is 50.8 Å². The van der Waals surface area contributed by atoms with Gasteiger partial charge >= 0.3 is 0 Å². The first-order valence-electron chi connectivity index (χ1n) is 7.45. The fraction of sp³-hybridized carbons (Fsp3) is 0.158. The van der Waals surface area contributed by atoms with Gasteiger partial charge in [0.05, 0.1) is 24.9 Å². The number of hydrogen-bond acceptors (Lipinski definition) is 3. The van der Waals surface area contributed by atoms with E-state index in [-0.39, 0.29) is 0 Å². The molecule has 1 aromatic heterocycles. The fourth-order valence-corrected chi connectivity index (χ4v) is 2.50. The minimum absolute atomic E-state index is 0.619. The van der Waals surface area contributed by atoms with Crippen molar-refractivity contribution in [3.8, 4) is 22.9 Å². The summed E-state index contributed by atoms with van der Waals surface area (Å²) in [7, 11) is 1.62. The lowest BCUT2D eigenvalue weighted by Gasteiger charge is -2.05. The van der Waals surface area contributed by atoms with Crippen LogP contribution in [0, 0.1) is 11.3 Å². The van der Waals surface area contributed by atoms with Gasteiger partial charge in [-0.1, -0.05) is 30.3 Å². The van der Waals surface area contributed by atoms with E-state index in [9.17, 15) is 5.26 Å². The summed E-state index contributed by atoms with van der Waals surface area (Å²) in [6, 6.07) is 18.0.